The summed E-state index contributed by atoms with van der Waals surface area (Å²) in [5.74, 6) is -0.492. The molecule has 0 aliphatic carbocycles. The zero-order chi connectivity index (χ0) is 18.7. The molecule has 2 aromatic carbocycles. The van der Waals surface area contributed by atoms with Crippen LogP contribution in [0.5, 0.6) is 0 Å². The molecule has 2 N–H and O–H groups in total. The summed E-state index contributed by atoms with van der Waals surface area (Å²) < 4.78 is 0. The number of anilines is 1. The van der Waals surface area contributed by atoms with E-state index in [0.717, 1.165) is 35.9 Å². The summed E-state index contributed by atoms with van der Waals surface area (Å²) in [6.07, 6.45) is 0. The van der Waals surface area contributed by atoms with Crippen molar-refractivity contribution >= 4 is 23.2 Å². The zero-order valence-electron chi connectivity index (χ0n) is 15.0. The van der Waals surface area contributed by atoms with Crippen molar-refractivity contribution in [2.24, 2.45) is 0 Å². The van der Waals surface area contributed by atoms with Gasteiger partial charge in [-0.25, -0.2) is 5.48 Å². The van der Waals surface area contributed by atoms with E-state index in [4.69, 9.17) is 16.8 Å². The van der Waals surface area contributed by atoms with Gasteiger partial charge in [0.05, 0.1) is 0 Å². The molecule has 1 amide bonds. The summed E-state index contributed by atoms with van der Waals surface area (Å²) >= 11 is 6.14. The predicted molar refractivity (Wildman–Crippen MR) is 104 cm³/mol. The molecule has 2 aromatic rings. The summed E-state index contributed by atoms with van der Waals surface area (Å²) in [6.45, 7) is 7.18. The van der Waals surface area contributed by atoms with Gasteiger partial charge in [0.15, 0.2) is 0 Å². The number of carbonyl (C=O) groups excluding carboxylic acids is 1. The standard InChI is InChI=1S/C20H24ClN3O2/c1-14-11-23(19-5-3-4-18(21)10-19)12-15(2)24(14)13-16-6-8-17(9-7-16)20(25)22-26/h3-10,14-15,26H,11-13H2,1-2H3,(H,22,25)/t14-,15+. The van der Waals surface area contributed by atoms with E-state index in [9.17, 15) is 4.79 Å². The third kappa shape index (κ3) is 4.18. The van der Waals surface area contributed by atoms with E-state index in [1.807, 2.05) is 30.3 Å². The van der Waals surface area contributed by atoms with E-state index in [-0.39, 0.29) is 0 Å². The highest BCUT2D eigenvalue weighted by molar-refractivity contribution is 6.30. The van der Waals surface area contributed by atoms with Crippen LogP contribution in [0.25, 0.3) is 0 Å². The molecule has 2 atom stereocenters. The zero-order valence-corrected chi connectivity index (χ0v) is 15.8. The number of hydroxylamine groups is 1. The van der Waals surface area contributed by atoms with E-state index >= 15 is 0 Å². The lowest BCUT2D eigenvalue weighted by Gasteiger charge is -2.45. The van der Waals surface area contributed by atoms with Crippen LogP contribution < -0.4 is 10.4 Å². The van der Waals surface area contributed by atoms with E-state index in [0.29, 0.717) is 17.6 Å². The van der Waals surface area contributed by atoms with Gasteiger partial charge in [0.25, 0.3) is 5.91 Å². The Kier molecular flexibility index (Phi) is 5.81. The smallest absolute Gasteiger partial charge is 0.274 e. The summed E-state index contributed by atoms with van der Waals surface area (Å²) in [4.78, 5) is 16.3. The molecule has 0 spiro atoms. The number of amides is 1. The van der Waals surface area contributed by atoms with E-state index in [1.54, 1.807) is 17.6 Å². The molecule has 1 fully saturated rings. The molecule has 6 heteroatoms. The quantitative estimate of drug-likeness (QED) is 0.635. The Hall–Kier alpha value is -2.08. The number of carbonyl (C=O) groups is 1. The van der Waals surface area contributed by atoms with Gasteiger partial charge in [0.2, 0.25) is 0 Å². The fraction of sp³-hybridized carbons (Fsp3) is 0.350. The average Bonchev–Trinajstić information content (AvgIpc) is 2.64. The van der Waals surface area contributed by atoms with Crippen molar-refractivity contribution in [3.8, 4) is 0 Å². The van der Waals surface area contributed by atoms with E-state index < -0.39 is 5.91 Å². The number of hydrogen-bond acceptors (Lipinski definition) is 4. The van der Waals surface area contributed by atoms with E-state index in [1.165, 1.54) is 0 Å². The number of nitrogens with zero attached hydrogens (tertiary/aromatic N) is 2. The minimum atomic E-state index is -0.492. The fourth-order valence-corrected chi connectivity index (χ4v) is 3.77. The second kappa shape index (κ2) is 8.08. The van der Waals surface area contributed by atoms with Crippen LogP contribution in [0.1, 0.15) is 29.8 Å². The van der Waals surface area contributed by atoms with Gasteiger partial charge < -0.3 is 4.90 Å². The van der Waals surface area contributed by atoms with Gasteiger partial charge in [-0.3, -0.25) is 14.9 Å². The van der Waals surface area contributed by atoms with Crippen LogP contribution in [0.3, 0.4) is 0 Å². The van der Waals surface area contributed by atoms with Crippen molar-refractivity contribution in [3.05, 3.63) is 64.7 Å². The Labute approximate surface area is 159 Å². The summed E-state index contributed by atoms with van der Waals surface area (Å²) in [6, 6.07) is 16.1. The first-order chi connectivity index (χ1) is 12.5. The van der Waals surface area contributed by atoms with E-state index in [2.05, 4.69) is 29.7 Å². The Morgan fingerprint density at radius 3 is 2.38 bits per heavy atom. The first kappa shape index (κ1) is 18.7. The topological polar surface area (TPSA) is 55.8 Å². The van der Waals surface area contributed by atoms with Crippen molar-refractivity contribution in [1.82, 2.24) is 10.4 Å². The highest BCUT2D eigenvalue weighted by atomic mass is 35.5. The number of rotatable bonds is 4. The molecule has 0 unspecified atom stereocenters. The molecule has 1 aliphatic heterocycles. The van der Waals surface area contributed by atoms with Crippen molar-refractivity contribution in [1.29, 1.82) is 0 Å². The fourth-order valence-electron chi connectivity index (χ4n) is 3.59. The first-order valence-corrected chi connectivity index (χ1v) is 9.15. The third-order valence-corrected chi connectivity index (χ3v) is 5.19. The molecular weight excluding hydrogens is 350 g/mol. The van der Waals surface area contributed by atoms with Gasteiger partial charge in [0.1, 0.15) is 0 Å². The lowest BCUT2D eigenvalue weighted by Crippen LogP contribution is -2.56. The number of nitrogens with one attached hydrogen (secondary N) is 1. The Morgan fingerprint density at radius 2 is 1.81 bits per heavy atom. The van der Waals surface area contributed by atoms with Gasteiger partial charge in [-0.15, -0.1) is 0 Å². The van der Waals surface area contributed by atoms with Gasteiger partial charge >= 0.3 is 0 Å². The number of piperazine rings is 1. The van der Waals surface area contributed by atoms with Crippen molar-refractivity contribution in [2.45, 2.75) is 32.5 Å². The maximum absolute atomic E-state index is 11.4. The predicted octanol–water partition coefficient (Wildman–Crippen LogP) is 3.56. The van der Waals surface area contributed by atoms with Crippen LogP contribution in [-0.2, 0) is 6.54 Å². The molecule has 0 saturated carbocycles. The second-order valence-corrected chi connectivity index (χ2v) is 7.33. The van der Waals surface area contributed by atoms with Crippen LogP contribution in [0.4, 0.5) is 5.69 Å². The van der Waals surface area contributed by atoms with Crippen LogP contribution >= 0.6 is 11.6 Å². The molecular formula is C20H24ClN3O2. The molecule has 1 saturated heterocycles. The summed E-state index contributed by atoms with van der Waals surface area (Å²) in [5.41, 5.74) is 4.41. The average molecular weight is 374 g/mol. The lowest BCUT2D eigenvalue weighted by atomic mass is 10.0. The molecule has 26 heavy (non-hydrogen) atoms. The maximum Gasteiger partial charge on any atom is 0.274 e. The second-order valence-electron chi connectivity index (χ2n) is 6.89. The van der Waals surface area contributed by atoms with Crippen molar-refractivity contribution in [2.75, 3.05) is 18.0 Å². The van der Waals surface area contributed by atoms with Gasteiger partial charge in [-0.05, 0) is 49.7 Å². The van der Waals surface area contributed by atoms with Gasteiger partial charge in [0, 0.05) is 48.0 Å². The highest BCUT2D eigenvalue weighted by Crippen LogP contribution is 2.26. The van der Waals surface area contributed by atoms with Crippen LogP contribution in [-0.4, -0.2) is 41.2 Å². The first-order valence-electron chi connectivity index (χ1n) is 8.77. The minimum absolute atomic E-state index is 0.387. The van der Waals surface area contributed by atoms with Crippen LogP contribution in [0.2, 0.25) is 5.02 Å². The van der Waals surface area contributed by atoms with Crippen molar-refractivity contribution < 1.29 is 10.0 Å². The largest absolute Gasteiger partial charge is 0.368 e. The molecule has 3 rings (SSSR count). The third-order valence-electron chi connectivity index (χ3n) is 4.96. The molecule has 5 nitrogen and oxygen atoms in total. The Balaban J connectivity index is 1.67. The highest BCUT2D eigenvalue weighted by Gasteiger charge is 2.29. The Bertz CT molecular complexity index is 754. The number of halogens is 1. The molecule has 0 radical (unpaired) electrons. The monoisotopic (exact) mass is 373 g/mol. The normalized spacial score (nSPS) is 20.8. The van der Waals surface area contributed by atoms with Crippen molar-refractivity contribution in [3.63, 3.8) is 0 Å². The van der Waals surface area contributed by atoms with Crippen LogP contribution in [0, 0.1) is 0 Å². The molecule has 1 heterocycles. The Morgan fingerprint density at radius 1 is 1.15 bits per heavy atom. The number of benzene rings is 2. The SMILES string of the molecule is C[C@@H]1CN(c2cccc(Cl)c2)C[C@H](C)N1Cc1ccc(C(=O)NO)cc1. The lowest BCUT2D eigenvalue weighted by molar-refractivity contribution is 0.0706. The van der Waals surface area contributed by atoms with Crippen LogP contribution in [0.15, 0.2) is 48.5 Å². The minimum Gasteiger partial charge on any atom is -0.368 e. The van der Waals surface area contributed by atoms with Gasteiger partial charge in [-0.2, -0.15) is 0 Å². The maximum atomic E-state index is 11.4. The summed E-state index contributed by atoms with van der Waals surface area (Å²) in [5, 5.41) is 9.46. The molecule has 0 aromatic heterocycles. The van der Waals surface area contributed by atoms with Gasteiger partial charge in [-0.1, -0.05) is 29.8 Å². The summed E-state index contributed by atoms with van der Waals surface area (Å²) in [7, 11) is 0. The number of hydrogen-bond donors (Lipinski definition) is 2. The molecule has 1 aliphatic rings. The molecule has 0 bridgehead atoms. The molecule has 138 valence electrons.